The molecule has 2 saturated heterocycles. The summed E-state index contributed by atoms with van der Waals surface area (Å²) >= 11 is 12.6. The van der Waals surface area contributed by atoms with Crippen molar-refractivity contribution >= 4 is 35.0 Å². The molecule has 0 aliphatic carbocycles. The maximum Gasteiger partial charge on any atom is 0.254 e. The fraction of sp³-hybridized carbons (Fsp3) is 0.412. The Morgan fingerprint density at radius 2 is 1.60 bits per heavy atom. The van der Waals surface area contributed by atoms with Gasteiger partial charge in [0.05, 0.1) is 22.7 Å². The molecule has 0 bridgehead atoms. The molecule has 0 radical (unpaired) electrons. The number of benzene rings is 3. The van der Waals surface area contributed by atoms with Gasteiger partial charge >= 0.3 is 0 Å². The number of nitrogens with zero attached hydrogens (tertiary/aromatic N) is 3. The Morgan fingerprint density at radius 1 is 0.907 bits per heavy atom. The minimum absolute atomic E-state index is 0.0666. The SMILES string of the molecule is Cc1cc(C)cc(C(=O)N2CCN(C(=O)[C@H](CO)NC3CCN(Cc4ccccc4)CC3)[C@H](c3ccc(Cl)c(Cl)c3)C2)c1. The topological polar surface area (TPSA) is 76.1 Å². The summed E-state index contributed by atoms with van der Waals surface area (Å²) in [6, 6.07) is 20.6. The number of aliphatic hydroxyl groups is 1. The van der Waals surface area contributed by atoms with Crippen LogP contribution in [-0.4, -0.2) is 83.0 Å². The number of rotatable bonds is 8. The molecule has 3 aromatic carbocycles. The Hall–Kier alpha value is -2.94. The molecule has 2 atom stereocenters. The molecule has 0 saturated carbocycles. The number of carbonyl (C=O) groups excluding carboxylic acids is 2. The third-order valence-corrected chi connectivity index (χ3v) is 9.24. The molecule has 228 valence electrons. The first-order valence-corrected chi connectivity index (χ1v) is 15.7. The number of likely N-dealkylation sites (tertiary alicyclic amines) is 1. The van der Waals surface area contributed by atoms with Crippen LogP contribution >= 0.6 is 23.2 Å². The van der Waals surface area contributed by atoms with Crippen molar-refractivity contribution in [3.63, 3.8) is 0 Å². The summed E-state index contributed by atoms with van der Waals surface area (Å²) in [5, 5.41) is 14.6. The van der Waals surface area contributed by atoms with Crippen molar-refractivity contribution in [2.45, 2.75) is 51.4 Å². The fourth-order valence-corrected chi connectivity index (χ4v) is 6.61. The van der Waals surface area contributed by atoms with Gasteiger partial charge in [-0.05, 0) is 75.2 Å². The molecule has 0 aromatic heterocycles. The van der Waals surface area contributed by atoms with Crippen molar-refractivity contribution in [3.05, 3.63) is 105 Å². The van der Waals surface area contributed by atoms with Crippen LogP contribution in [0.25, 0.3) is 0 Å². The van der Waals surface area contributed by atoms with Crippen LogP contribution in [-0.2, 0) is 11.3 Å². The number of hydrogen-bond acceptors (Lipinski definition) is 5. The average Bonchev–Trinajstić information content (AvgIpc) is 3.01. The van der Waals surface area contributed by atoms with Crippen LogP contribution in [0.15, 0.2) is 66.7 Å². The Balaban J connectivity index is 1.29. The number of piperazine rings is 1. The van der Waals surface area contributed by atoms with Crippen LogP contribution in [0.3, 0.4) is 0 Å². The minimum Gasteiger partial charge on any atom is -0.394 e. The van der Waals surface area contributed by atoms with E-state index in [0.717, 1.165) is 49.2 Å². The monoisotopic (exact) mass is 622 g/mol. The number of hydrogen-bond donors (Lipinski definition) is 2. The molecule has 5 rings (SSSR count). The van der Waals surface area contributed by atoms with E-state index in [9.17, 15) is 14.7 Å². The van der Waals surface area contributed by atoms with E-state index in [2.05, 4.69) is 34.5 Å². The second-order valence-electron chi connectivity index (χ2n) is 11.8. The van der Waals surface area contributed by atoms with Gasteiger partial charge in [0.25, 0.3) is 5.91 Å². The standard InChI is InChI=1S/C34H40Cl2N4O3/c1-23-16-24(2)18-27(17-23)33(42)39-14-15-40(32(21-39)26-8-9-29(35)30(36)19-26)34(43)31(22-41)37-28-10-12-38(13-11-28)20-25-6-4-3-5-7-25/h3-9,16-19,28,31-32,37,41H,10-15,20-22H2,1-2H3/t31-,32-/m0/s1. The van der Waals surface area contributed by atoms with Crippen LogP contribution in [0.2, 0.25) is 10.0 Å². The van der Waals surface area contributed by atoms with Crippen molar-refractivity contribution in [1.29, 1.82) is 0 Å². The van der Waals surface area contributed by atoms with Gasteiger partial charge < -0.3 is 20.2 Å². The van der Waals surface area contributed by atoms with Crippen molar-refractivity contribution in [2.24, 2.45) is 0 Å². The van der Waals surface area contributed by atoms with Crippen LogP contribution in [0.4, 0.5) is 0 Å². The zero-order valence-electron chi connectivity index (χ0n) is 24.8. The molecule has 7 nitrogen and oxygen atoms in total. The van der Waals surface area contributed by atoms with Gasteiger partial charge in [-0.1, -0.05) is 76.8 Å². The molecular weight excluding hydrogens is 583 g/mol. The predicted molar refractivity (Wildman–Crippen MR) is 171 cm³/mol. The van der Waals surface area contributed by atoms with Gasteiger partial charge in [-0.15, -0.1) is 0 Å². The zero-order chi connectivity index (χ0) is 30.5. The molecule has 43 heavy (non-hydrogen) atoms. The molecule has 2 fully saturated rings. The number of amides is 2. The molecule has 0 unspecified atom stereocenters. The summed E-state index contributed by atoms with van der Waals surface area (Å²) < 4.78 is 0. The first-order chi connectivity index (χ1) is 20.7. The first-order valence-electron chi connectivity index (χ1n) is 15.0. The van der Waals surface area contributed by atoms with E-state index in [4.69, 9.17) is 23.2 Å². The number of piperidine rings is 1. The van der Waals surface area contributed by atoms with E-state index in [-0.39, 0.29) is 24.5 Å². The summed E-state index contributed by atoms with van der Waals surface area (Å²) in [6.45, 7) is 7.45. The maximum absolute atomic E-state index is 14.0. The lowest BCUT2D eigenvalue weighted by Gasteiger charge is -2.43. The second kappa shape index (κ2) is 14.2. The van der Waals surface area contributed by atoms with Gasteiger partial charge in [-0.3, -0.25) is 14.5 Å². The van der Waals surface area contributed by atoms with E-state index in [0.29, 0.717) is 35.2 Å². The first kappa shape index (κ1) is 31.5. The highest BCUT2D eigenvalue weighted by atomic mass is 35.5. The zero-order valence-corrected chi connectivity index (χ0v) is 26.3. The summed E-state index contributed by atoms with van der Waals surface area (Å²) in [6.07, 6.45) is 1.79. The lowest BCUT2D eigenvalue weighted by molar-refractivity contribution is -0.139. The number of aliphatic hydroxyl groups excluding tert-OH is 1. The molecule has 9 heteroatoms. The number of nitrogens with one attached hydrogen (secondary N) is 1. The van der Waals surface area contributed by atoms with Crippen molar-refractivity contribution in [3.8, 4) is 0 Å². The summed E-state index contributed by atoms with van der Waals surface area (Å²) in [5.74, 6) is -0.244. The molecule has 0 spiro atoms. The van der Waals surface area contributed by atoms with E-state index in [1.54, 1.807) is 21.9 Å². The maximum atomic E-state index is 14.0. The molecule has 3 aromatic rings. The van der Waals surface area contributed by atoms with Gasteiger partial charge in [0.1, 0.15) is 6.04 Å². The molecular formula is C34H40Cl2N4O3. The number of halogens is 2. The van der Waals surface area contributed by atoms with Gasteiger partial charge in [0, 0.05) is 37.8 Å². The predicted octanol–water partition coefficient (Wildman–Crippen LogP) is 5.25. The fourth-order valence-electron chi connectivity index (χ4n) is 6.30. The number of carbonyl (C=O) groups is 2. The average molecular weight is 624 g/mol. The van der Waals surface area contributed by atoms with E-state index in [1.165, 1.54) is 5.56 Å². The molecule has 2 N–H and O–H groups in total. The molecule has 2 heterocycles. The quantitative estimate of drug-likeness (QED) is 0.359. The summed E-state index contributed by atoms with van der Waals surface area (Å²) in [7, 11) is 0. The lowest BCUT2D eigenvalue weighted by atomic mass is 9.99. The highest BCUT2D eigenvalue weighted by molar-refractivity contribution is 6.42. The summed E-state index contributed by atoms with van der Waals surface area (Å²) in [4.78, 5) is 33.6. The smallest absolute Gasteiger partial charge is 0.254 e. The van der Waals surface area contributed by atoms with Crippen LogP contribution in [0.5, 0.6) is 0 Å². The lowest BCUT2D eigenvalue weighted by Crippen LogP contribution is -2.59. The van der Waals surface area contributed by atoms with Gasteiger partial charge in [-0.2, -0.15) is 0 Å². The molecule has 2 aliphatic heterocycles. The van der Waals surface area contributed by atoms with Crippen LogP contribution < -0.4 is 5.32 Å². The normalized spacial score (nSPS) is 19.0. The highest BCUT2D eigenvalue weighted by Gasteiger charge is 2.37. The van der Waals surface area contributed by atoms with Crippen molar-refractivity contribution in [1.82, 2.24) is 20.0 Å². The second-order valence-corrected chi connectivity index (χ2v) is 12.6. The molecule has 2 amide bonds. The largest absolute Gasteiger partial charge is 0.394 e. The minimum atomic E-state index is -0.738. The number of aryl methyl sites for hydroxylation is 2. The Kier molecular flexibility index (Phi) is 10.4. The van der Waals surface area contributed by atoms with Crippen molar-refractivity contribution in [2.75, 3.05) is 39.3 Å². The Labute approximate surface area is 264 Å². The van der Waals surface area contributed by atoms with E-state index in [1.807, 2.05) is 44.2 Å². The van der Waals surface area contributed by atoms with E-state index >= 15 is 0 Å². The van der Waals surface area contributed by atoms with Gasteiger partial charge in [-0.25, -0.2) is 0 Å². The Morgan fingerprint density at radius 3 is 2.26 bits per heavy atom. The summed E-state index contributed by atoms with van der Waals surface area (Å²) in [5.41, 5.74) is 4.79. The van der Waals surface area contributed by atoms with Crippen molar-refractivity contribution < 1.29 is 14.7 Å². The highest BCUT2D eigenvalue weighted by Crippen LogP contribution is 2.32. The van der Waals surface area contributed by atoms with Crippen LogP contribution in [0.1, 0.15) is 51.5 Å². The van der Waals surface area contributed by atoms with Crippen LogP contribution in [0, 0.1) is 13.8 Å². The Bertz CT molecular complexity index is 1410. The molecule has 2 aliphatic rings. The third kappa shape index (κ3) is 7.78. The van der Waals surface area contributed by atoms with Gasteiger partial charge in [0.15, 0.2) is 0 Å². The van der Waals surface area contributed by atoms with Gasteiger partial charge in [0.2, 0.25) is 5.91 Å². The third-order valence-electron chi connectivity index (χ3n) is 8.50. The van der Waals surface area contributed by atoms with E-state index < -0.39 is 12.1 Å².